The minimum Gasteiger partial charge on any atom is -0.465 e. The first-order chi connectivity index (χ1) is 17.8. The third-order valence-corrected chi connectivity index (χ3v) is 7.96. The van der Waals surface area contributed by atoms with Crippen LogP contribution in [0.5, 0.6) is 0 Å². The van der Waals surface area contributed by atoms with E-state index in [-0.39, 0.29) is 34.1 Å². The fourth-order valence-electron chi connectivity index (χ4n) is 4.37. The molecule has 0 saturated carbocycles. The lowest BCUT2D eigenvalue weighted by atomic mass is 9.94. The molecule has 0 unspecified atom stereocenters. The molecule has 1 fully saturated rings. The van der Waals surface area contributed by atoms with E-state index in [1.807, 2.05) is 23.8 Å². The van der Waals surface area contributed by atoms with Crippen molar-refractivity contribution in [2.24, 2.45) is 5.92 Å². The summed E-state index contributed by atoms with van der Waals surface area (Å²) in [5.74, 6) is -0.177. The molecule has 1 aliphatic heterocycles. The number of aromatic nitrogens is 4. The summed E-state index contributed by atoms with van der Waals surface area (Å²) in [5.41, 5.74) is 1.38. The molecule has 196 valence electrons. The molecule has 0 spiro atoms. The minimum absolute atomic E-state index is 0.0763. The number of anilines is 1. The second-order valence-corrected chi connectivity index (χ2v) is 10.2. The summed E-state index contributed by atoms with van der Waals surface area (Å²) in [6.07, 6.45) is 4.15. The number of aromatic amines is 1. The van der Waals surface area contributed by atoms with Crippen LogP contribution in [0.25, 0.3) is 11.5 Å². The van der Waals surface area contributed by atoms with Crippen LogP contribution >= 0.6 is 22.9 Å². The second-order valence-electron chi connectivity index (χ2n) is 8.82. The molecule has 4 rings (SSSR count). The highest BCUT2D eigenvalue weighted by Crippen LogP contribution is 2.35. The molecule has 1 saturated heterocycles. The summed E-state index contributed by atoms with van der Waals surface area (Å²) in [7, 11) is 2.97. The van der Waals surface area contributed by atoms with Crippen molar-refractivity contribution in [3.63, 3.8) is 0 Å². The van der Waals surface area contributed by atoms with Crippen LogP contribution in [-0.4, -0.2) is 71.4 Å². The molecule has 0 aliphatic carbocycles. The van der Waals surface area contributed by atoms with Gasteiger partial charge in [0.1, 0.15) is 27.9 Å². The summed E-state index contributed by atoms with van der Waals surface area (Å²) < 4.78 is 12.1. The van der Waals surface area contributed by atoms with Crippen LogP contribution < -0.4 is 10.2 Å². The van der Waals surface area contributed by atoms with Crippen molar-refractivity contribution >= 4 is 39.9 Å². The largest absolute Gasteiger partial charge is 0.465 e. The number of esters is 1. The molecule has 4 heterocycles. The van der Waals surface area contributed by atoms with Gasteiger partial charge in [-0.05, 0) is 19.3 Å². The Balaban J connectivity index is 1.52. The predicted octanol–water partition coefficient (Wildman–Crippen LogP) is 3.25. The number of hydrogen-bond donors (Lipinski definition) is 2. The number of halogens is 1. The molecule has 1 amide bonds. The zero-order valence-corrected chi connectivity index (χ0v) is 22.6. The van der Waals surface area contributed by atoms with Gasteiger partial charge in [0.25, 0.3) is 5.91 Å². The molecule has 2 atom stereocenters. The van der Waals surface area contributed by atoms with E-state index in [1.165, 1.54) is 18.4 Å². The first-order valence-corrected chi connectivity index (χ1v) is 12.9. The number of carbonyl (C=O) groups is 2. The van der Waals surface area contributed by atoms with Crippen LogP contribution in [0.15, 0.2) is 12.4 Å². The van der Waals surface area contributed by atoms with Gasteiger partial charge in [0, 0.05) is 50.9 Å². The molecule has 0 bridgehead atoms. The average molecular weight is 546 g/mol. The molecule has 11 nitrogen and oxygen atoms in total. The lowest BCUT2D eigenvalue weighted by Crippen LogP contribution is -2.50. The van der Waals surface area contributed by atoms with Crippen molar-refractivity contribution in [1.82, 2.24) is 24.8 Å². The Morgan fingerprint density at radius 1 is 1.41 bits per heavy atom. The number of thiazole rings is 1. The molecular formula is C24H28ClN7O4S. The second kappa shape index (κ2) is 11.3. The Bertz CT molecular complexity index is 1340. The number of aryl methyl sites for hydroxylation is 1. The van der Waals surface area contributed by atoms with Crippen molar-refractivity contribution in [3.8, 4) is 17.6 Å². The molecule has 0 aromatic carbocycles. The third kappa shape index (κ3) is 5.34. The van der Waals surface area contributed by atoms with E-state index in [0.29, 0.717) is 59.9 Å². The highest BCUT2D eigenvalue weighted by atomic mass is 35.5. The van der Waals surface area contributed by atoms with Crippen LogP contribution in [0, 0.1) is 24.2 Å². The number of ether oxygens (including phenoxy) is 2. The Labute approximate surface area is 223 Å². The number of nitriles is 1. The summed E-state index contributed by atoms with van der Waals surface area (Å²) >= 11 is 7.41. The Morgan fingerprint density at radius 3 is 2.86 bits per heavy atom. The van der Waals surface area contributed by atoms with E-state index in [1.54, 1.807) is 20.2 Å². The van der Waals surface area contributed by atoms with Gasteiger partial charge in [-0.25, -0.2) is 14.8 Å². The van der Waals surface area contributed by atoms with E-state index in [0.717, 1.165) is 0 Å². The van der Waals surface area contributed by atoms with Gasteiger partial charge in [-0.3, -0.25) is 4.79 Å². The molecule has 2 N–H and O–H groups in total. The van der Waals surface area contributed by atoms with Gasteiger partial charge < -0.3 is 29.2 Å². The fourth-order valence-corrected chi connectivity index (χ4v) is 5.57. The molecule has 13 heteroatoms. The molecule has 37 heavy (non-hydrogen) atoms. The summed E-state index contributed by atoms with van der Waals surface area (Å²) in [6, 6.07) is 1.89. The van der Waals surface area contributed by atoms with Gasteiger partial charge in [-0.2, -0.15) is 5.26 Å². The minimum atomic E-state index is -0.469. The van der Waals surface area contributed by atoms with Gasteiger partial charge in [0.2, 0.25) is 0 Å². The maximum absolute atomic E-state index is 12.9. The van der Waals surface area contributed by atoms with E-state index in [9.17, 15) is 14.9 Å². The van der Waals surface area contributed by atoms with Crippen LogP contribution in [0.4, 0.5) is 5.13 Å². The van der Waals surface area contributed by atoms with Crippen LogP contribution in [-0.2, 0) is 16.0 Å². The summed E-state index contributed by atoms with van der Waals surface area (Å²) in [4.78, 5) is 40.1. The van der Waals surface area contributed by atoms with Gasteiger partial charge in [-0.15, -0.1) is 0 Å². The highest BCUT2D eigenvalue weighted by molar-refractivity contribution is 7.17. The number of nitrogens with zero attached hydrogens (tertiary/aromatic N) is 5. The monoisotopic (exact) mass is 545 g/mol. The van der Waals surface area contributed by atoms with E-state index < -0.39 is 5.97 Å². The van der Waals surface area contributed by atoms with Crippen molar-refractivity contribution < 1.29 is 19.1 Å². The van der Waals surface area contributed by atoms with Crippen molar-refractivity contribution in [3.05, 3.63) is 39.2 Å². The molecule has 3 aromatic heterocycles. The maximum Gasteiger partial charge on any atom is 0.350 e. The zero-order chi connectivity index (χ0) is 26.7. The average Bonchev–Trinajstić information content (AvgIpc) is 3.60. The smallest absolute Gasteiger partial charge is 0.350 e. The number of carbonyl (C=O) groups excluding carboxylic acids is 2. The standard InChI is InChI=1S/C24H28ClN7O4S/c1-13-12-32(7-5-16(13)29-22(33)18-15(11-26)17(25)14(2)28-18)24-30-19(20(37-24)23(34)36-4)21-27-6-8-31(21)9-10-35-3/h6,8,13,16,28H,5,7,9-10,12H2,1-4H3,(H,29,33)/t13-,16+/m0/s1. The van der Waals surface area contributed by atoms with Crippen LogP contribution in [0.3, 0.4) is 0 Å². The fraction of sp³-hybridized carbons (Fsp3) is 0.458. The molecule has 0 radical (unpaired) electrons. The Kier molecular flexibility index (Phi) is 8.16. The van der Waals surface area contributed by atoms with Crippen molar-refractivity contribution in [1.29, 1.82) is 5.26 Å². The van der Waals surface area contributed by atoms with Crippen LogP contribution in [0.2, 0.25) is 5.02 Å². The summed E-state index contributed by atoms with van der Waals surface area (Å²) in [5, 5.41) is 13.4. The third-order valence-electron chi connectivity index (χ3n) is 6.39. The zero-order valence-electron chi connectivity index (χ0n) is 21.0. The van der Waals surface area contributed by atoms with Crippen molar-refractivity contribution in [2.75, 3.05) is 38.8 Å². The van der Waals surface area contributed by atoms with Gasteiger partial charge in [0.05, 0.1) is 18.7 Å². The SMILES string of the molecule is COCCn1ccnc1-c1nc(N2CC[C@@H](NC(=O)c3[nH]c(C)c(Cl)c3C#N)[C@@H](C)C2)sc1C(=O)OC. The van der Waals surface area contributed by atoms with Crippen molar-refractivity contribution in [2.45, 2.75) is 32.9 Å². The first kappa shape index (κ1) is 26.7. The van der Waals surface area contributed by atoms with E-state index in [2.05, 4.69) is 20.2 Å². The number of piperidine rings is 1. The number of amides is 1. The first-order valence-electron chi connectivity index (χ1n) is 11.7. The topological polar surface area (TPSA) is 138 Å². The number of hydrogen-bond acceptors (Lipinski definition) is 9. The van der Waals surface area contributed by atoms with Gasteiger partial charge in [0.15, 0.2) is 11.0 Å². The number of rotatable bonds is 8. The normalized spacial score (nSPS) is 17.5. The Morgan fingerprint density at radius 2 is 2.19 bits per heavy atom. The number of methoxy groups -OCH3 is 2. The van der Waals surface area contributed by atoms with Gasteiger partial charge >= 0.3 is 5.97 Å². The van der Waals surface area contributed by atoms with Gasteiger partial charge in [-0.1, -0.05) is 29.9 Å². The van der Waals surface area contributed by atoms with E-state index >= 15 is 0 Å². The quantitative estimate of drug-likeness (QED) is 0.411. The molecule has 1 aliphatic rings. The van der Waals surface area contributed by atoms with E-state index in [4.69, 9.17) is 26.1 Å². The number of imidazole rings is 1. The lowest BCUT2D eigenvalue weighted by Gasteiger charge is -2.37. The predicted molar refractivity (Wildman–Crippen MR) is 139 cm³/mol. The summed E-state index contributed by atoms with van der Waals surface area (Å²) in [6.45, 7) is 6.07. The molecule has 3 aromatic rings. The number of nitrogens with one attached hydrogen (secondary N) is 2. The van der Waals surface area contributed by atoms with Crippen LogP contribution in [0.1, 0.15) is 44.8 Å². The maximum atomic E-state index is 12.9. The Hall–Kier alpha value is -3.40. The molecular weight excluding hydrogens is 518 g/mol. The lowest BCUT2D eigenvalue weighted by molar-refractivity contribution is 0.0606. The highest BCUT2D eigenvalue weighted by Gasteiger charge is 2.32. The number of H-pyrrole nitrogens is 1.